The summed E-state index contributed by atoms with van der Waals surface area (Å²) in [7, 11) is 0. The maximum atomic E-state index is 13.1. The van der Waals surface area contributed by atoms with Gasteiger partial charge in [0.05, 0.1) is 23.6 Å². The molecule has 0 atom stereocenters. The normalized spacial score (nSPS) is 14.5. The van der Waals surface area contributed by atoms with Gasteiger partial charge in [0.1, 0.15) is 12.4 Å². The SMILES string of the molecule is CCOc1cc(/C=C2/C(=O)N(c3ccccc3)N=C2C)c(Br)cc1OCc1ccc(F)cc1. The van der Waals surface area contributed by atoms with E-state index in [2.05, 4.69) is 21.0 Å². The zero-order valence-corrected chi connectivity index (χ0v) is 19.8. The van der Waals surface area contributed by atoms with Gasteiger partial charge in [-0.25, -0.2) is 4.39 Å². The van der Waals surface area contributed by atoms with E-state index in [4.69, 9.17) is 9.47 Å². The van der Waals surface area contributed by atoms with Crippen LogP contribution >= 0.6 is 15.9 Å². The van der Waals surface area contributed by atoms with Crippen LogP contribution in [0.25, 0.3) is 6.08 Å². The maximum absolute atomic E-state index is 13.1. The number of rotatable bonds is 7. The van der Waals surface area contributed by atoms with Crippen LogP contribution < -0.4 is 14.5 Å². The van der Waals surface area contributed by atoms with Crippen molar-refractivity contribution in [2.45, 2.75) is 20.5 Å². The van der Waals surface area contributed by atoms with E-state index in [9.17, 15) is 9.18 Å². The third kappa shape index (κ3) is 5.14. The first-order valence-electron chi connectivity index (χ1n) is 10.5. The van der Waals surface area contributed by atoms with Gasteiger partial charge in [0.25, 0.3) is 5.91 Å². The molecule has 0 radical (unpaired) electrons. The highest BCUT2D eigenvalue weighted by Gasteiger charge is 2.29. The van der Waals surface area contributed by atoms with Gasteiger partial charge in [-0.1, -0.05) is 46.3 Å². The monoisotopic (exact) mass is 508 g/mol. The van der Waals surface area contributed by atoms with E-state index in [1.165, 1.54) is 17.1 Å². The van der Waals surface area contributed by atoms with Crippen molar-refractivity contribution in [2.75, 3.05) is 11.6 Å². The summed E-state index contributed by atoms with van der Waals surface area (Å²) in [6, 6.07) is 19.1. The molecular weight excluding hydrogens is 487 g/mol. The van der Waals surface area contributed by atoms with Crippen LogP contribution in [0.5, 0.6) is 11.5 Å². The van der Waals surface area contributed by atoms with E-state index in [1.54, 1.807) is 18.2 Å². The lowest BCUT2D eigenvalue weighted by atomic mass is 10.1. The quantitative estimate of drug-likeness (QED) is 0.348. The Morgan fingerprint density at radius 1 is 1.03 bits per heavy atom. The first-order valence-corrected chi connectivity index (χ1v) is 11.3. The van der Waals surface area contributed by atoms with Gasteiger partial charge in [0.2, 0.25) is 0 Å². The Morgan fingerprint density at radius 3 is 2.42 bits per heavy atom. The standard InChI is InChI=1S/C26H22BrFN2O3/c1-3-32-24-14-19(23(27)15-25(24)33-16-18-9-11-20(28)12-10-18)13-22-17(2)29-30(26(22)31)21-7-5-4-6-8-21/h4-15H,3,16H2,1-2H3/b22-13+. The van der Waals surface area contributed by atoms with Crippen molar-refractivity contribution in [1.82, 2.24) is 0 Å². The minimum atomic E-state index is -0.292. The Bertz CT molecular complexity index is 1220. The number of hydrogen-bond acceptors (Lipinski definition) is 4. The van der Waals surface area contributed by atoms with Gasteiger partial charge in [0, 0.05) is 4.47 Å². The Hall–Kier alpha value is -3.45. The summed E-state index contributed by atoms with van der Waals surface area (Å²) in [4.78, 5) is 13.0. The van der Waals surface area contributed by atoms with Gasteiger partial charge in [0.15, 0.2) is 11.5 Å². The van der Waals surface area contributed by atoms with Crippen LogP contribution in [0, 0.1) is 5.82 Å². The van der Waals surface area contributed by atoms with Crippen molar-refractivity contribution in [3.63, 3.8) is 0 Å². The molecule has 0 fully saturated rings. The molecule has 5 nitrogen and oxygen atoms in total. The van der Waals surface area contributed by atoms with Crippen molar-refractivity contribution < 1.29 is 18.7 Å². The van der Waals surface area contributed by atoms with Gasteiger partial charge >= 0.3 is 0 Å². The molecule has 1 aliphatic rings. The lowest BCUT2D eigenvalue weighted by Gasteiger charge is -2.14. The highest BCUT2D eigenvalue weighted by molar-refractivity contribution is 9.10. The van der Waals surface area contributed by atoms with Crippen molar-refractivity contribution in [3.05, 3.63) is 93.7 Å². The molecule has 0 unspecified atom stereocenters. The van der Waals surface area contributed by atoms with Crippen molar-refractivity contribution in [3.8, 4) is 11.5 Å². The second-order valence-corrected chi connectivity index (χ2v) is 8.22. The fourth-order valence-corrected chi connectivity index (χ4v) is 3.81. The number of carbonyl (C=O) groups excluding carboxylic acids is 1. The fourth-order valence-electron chi connectivity index (χ4n) is 3.37. The van der Waals surface area contributed by atoms with Crippen LogP contribution in [-0.4, -0.2) is 18.2 Å². The smallest absolute Gasteiger partial charge is 0.280 e. The molecule has 0 N–H and O–H groups in total. The minimum Gasteiger partial charge on any atom is -0.490 e. The number of hydrazone groups is 1. The minimum absolute atomic E-state index is 0.194. The lowest BCUT2D eigenvalue weighted by Crippen LogP contribution is -2.21. The largest absolute Gasteiger partial charge is 0.490 e. The van der Waals surface area contributed by atoms with Gasteiger partial charge in [-0.05, 0) is 67.4 Å². The zero-order valence-electron chi connectivity index (χ0n) is 18.2. The van der Waals surface area contributed by atoms with Crippen LogP contribution in [0.3, 0.4) is 0 Å². The third-order valence-corrected chi connectivity index (χ3v) is 5.72. The van der Waals surface area contributed by atoms with Crippen molar-refractivity contribution in [2.24, 2.45) is 5.10 Å². The zero-order chi connectivity index (χ0) is 23.4. The molecule has 4 rings (SSSR count). The second-order valence-electron chi connectivity index (χ2n) is 7.36. The molecule has 7 heteroatoms. The second kappa shape index (κ2) is 10.0. The molecule has 0 saturated carbocycles. The predicted octanol–water partition coefficient (Wildman–Crippen LogP) is 6.37. The number of anilines is 1. The summed E-state index contributed by atoms with van der Waals surface area (Å²) < 4.78 is 25.6. The summed E-state index contributed by atoms with van der Waals surface area (Å²) >= 11 is 3.58. The number of amides is 1. The first kappa shape index (κ1) is 22.7. The first-order chi connectivity index (χ1) is 16.0. The summed E-state index contributed by atoms with van der Waals surface area (Å²) in [5, 5.41) is 5.83. The molecule has 0 aliphatic carbocycles. The molecule has 0 spiro atoms. The molecule has 168 valence electrons. The molecule has 0 bridgehead atoms. The Morgan fingerprint density at radius 2 is 1.73 bits per heavy atom. The van der Waals surface area contributed by atoms with Crippen LogP contribution in [0.15, 0.2) is 81.9 Å². The molecule has 3 aromatic carbocycles. The average Bonchev–Trinajstić information content (AvgIpc) is 3.10. The Balaban J connectivity index is 1.61. The van der Waals surface area contributed by atoms with Gasteiger partial charge in [-0.3, -0.25) is 4.79 Å². The van der Waals surface area contributed by atoms with E-state index in [0.29, 0.717) is 35.1 Å². The molecule has 1 aliphatic heterocycles. The molecule has 1 amide bonds. The van der Waals surface area contributed by atoms with Crippen LogP contribution in [-0.2, 0) is 11.4 Å². The van der Waals surface area contributed by atoms with Crippen LogP contribution in [0.4, 0.5) is 10.1 Å². The number of halogens is 2. The lowest BCUT2D eigenvalue weighted by molar-refractivity contribution is -0.114. The highest BCUT2D eigenvalue weighted by atomic mass is 79.9. The molecule has 0 aromatic heterocycles. The summed E-state index contributed by atoms with van der Waals surface area (Å²) in [5.41, 5.74) is 3.45. The van der Waals surface area contributed by atoms with Crippen LogP contribution in [0.2, 0.25) is 0 Å². The topological polar surface area (TPSA) is 51.1 Å². The van der Waals surface area contributed by atoms with Gasteiger partial charge < -0.3 is 9.47 Å². The van der Waals surface area contributed by atoms with E-state index in [1.807, 2.05) is 56.3 Å². The number of carbonyl (C=O) groups is 1. The third-order valence-electron chi connectivity index (χ3n) is 5.03. The number of para-hydroxylation sites is 1. The highest BCUT2D eigenvalue weighted by Crippen LogP contribution is 2.36. The molecule has 1 heterocycles. The van der Waals surface area contributed by atoms with Gasteiger partial charge in [-0.2, -0.15) is 10.1 Å². The Kier molecular flexibility index (Phi) is 6.89. The maximum Gasteiger partial charge on any atom is 0.280 e. The number of benzene rings is 3. The summed E-state index contributed by atoms with van der Waals surface area (Å²) in [6.45, 7) is 4.42. The van der Waals surface area contributed by atoms with E-state index in [-0.39, 0.29) is 18.3 Å². The van der Waals surface area contributed by atoms with Crippen LogP contribution in [0.1, 0.15) is 25.0 Å². The molecule has 0 saturated heterocycles. The number of nitrogens with zero attached hydrogens (tertiary/aromatic N) is 2. The molecule has 3 aromatic rings. The van der Waals surface area contributed by atoms with E-state index < -0.39 is 0 Å². The molecule has 33 heavy (non-hydrogen) atoms. The van der Waals surface area contributed by atoms with E-state index >= 15 is 0 Å². The molecular formula is C26H22BrFN2O3. The fraction of sp³-hybridized carbons (Fsp3) is 0.154. The van der Waals surface area contributed by atoms with E-state index in [0.717, 1.165) is 15.6 Å². The number of hydrogen-bond donors (Lipinski definition) is 0. The van der Waals surface area contributed by atoms with Gasteiger partial charge in [-0.15, -0.1) is 0 Å². The summed E-state index contributed by atoms with van der Waals surface area (Å²) in [6.07, 6.45) is 1.79. The predicted molar refractivity (Wildman–Crippen MR) is 131 cm³/mol. The van der Waals surface area contributed by atoms with Crippen molar-refractivity contribution in [1.29, 1.82) is 0 Å². The average molecular weight is 509 g/mol. The number of ether oxygens (including phenoxy) is 2. The summed E-state index contributed by atoms with van der Waals surface area (Å²) in [5.74, 6) is 0.610. The Labute approximate surface area is 200 Å². The van der Waals surface area contributed by atoms with Crippen molar-refractivity contribution >= 4 is 39.3 Å².